The number of urea groups is 1. The summed E-state index contributed by atoms with van der Waals surface area (Å²) in [6.07, 6.45) is 3.55. The van der Waals surface area contributed by atoms with Crippen LogP contribution >= 0.6 is 0 Å². The number of rotatable bonds is 5. The molecule has 0 atom stereocenters. The fourth-order valence-corrected chi connectivity index (χ4v) is 3.79. The lowest BCUT2D eigenvalue weighted by Gasteiger charge is -2.33. The van der Waals surface area contributed by atoms with E-state index in [0.717, 1.165) is 5.56 Å². The first-order valence-electron chi connectivity index (χ1n) is 9.73. The minimum absolute atomic E-state index is 0.0822. The summed E-state index contributed by atoms with van der Waals surface area (Å²) in [5.41, 5.74) is -0.0532. The summed E-state index contributed by atoms with van der Waals surface area (Å²) in [5.74, 6) is -0.0827. The highest BCUT2D eigenvalue weighted by Gasteiger charge is 2.48. The first-order valence-corrected chi connectivity index (χ1v) is 9.73. The lowest BCUT2D eigenvalue weighted by atomic mass is 9.76. The SMILES string of the molecule is O=C1NC(=O)C2(CCC(C(=O)NCc3ccc(Oc4ccc(F)cc4)nc3)CC2)N1. The van der Waals surface area contributed by atoms with Crippen molar-refractivity contribution in [3.8, 4) is 11.6 Å². The van der Waals surface area contributed by atoms with Crippen LogP contribution in [0.4, 0.5) is 9.18 Å². The Hall–Kier alpha value is -3.49. The molecule has 1 spiro atoms. The largest absolute Gasteiger partial charge is 0.439 e. The molecule has 0 radical (unpaired) electrons. The molecule has 0 bridgehead atoms. The van der Waals surface area contributed by atoms with Crippen LogP contribution in [0.2, 0.25) is 0 Å². The molecule has 4 rings (SSSR count). The number of benzene rings is 1. The summed E-state index contributed by atoms with van der Waals surface area (Å²) in [5, 5.41) is 7.85. The van der Waals surface area contributed by atoms with Crippen molar-refractivity contribution < 1.29 is 23.5 Å². The maximum atomic E-state index is 12.9. The number of pyridine rings is 1. The second kappa shape index (κ2) is 8.10. The third-order valence-electron chi connectivity index (χ3n) is 5.52. The summed E-state index contributed by atoms with van der Waals surface area (Å²) in [6.45, 7) is 0.321. The predicted octanol–water partition coefficient (Wildman–Crippen LogP) is 2.40. The highest BCUT2D eigenvalue weighted by Crippen LogP contribution is 2.34. The standard InChI is InChI=1S/C21H21FN4O4/c22-15-2-4-16(5-3-15)30-17-6-1-13(11-23-17)12-24-18(27)14-7-9-21(10-8-14)19(28)25-20(29)26-21/h1-6,11,14H,7-10,12H2,(H,24,27)(H2,25,26,28,29). The zero-order valence-electron chi connectivity index (χ0n) is 16.1. The molecule has 9 heteroatoms. The summed E-state index contributed by atoms with van der Waals surface area (Å²) in [4.78, 5) is 40.0. The third kappa shape index (κ3) is 4.24. The number of carbonyl (C=O) groups excluding carboxylic acids is 3. The number of hydrogen-bond donors (Lipinski definition) is 3. The molecule has 0 unspecified atom stereocenters. The van der Waals surface area contributed by atoms with Crippen LogP contribution in [-0.2, 0) is 16.1 Å². The molecule has 1 saturated carbocycles. The van der Waals surface area contributed by atoms with Crippen molar-refractivity contribution in [3.05, 3.63) is 54.0 Å². The number of amides is 4. The highest BCUT2D eigenvalue weighted by molar-refractivity contribution is 6.07. The first-order chi connectivity index (χ1) is 14.4. The summed E-state index contributed by atoms with van der Waals surface area (Å²) in [6, 6.07) is 8.64. The molecule has 4 amide bonds. The molecule has 3 N–H and O–H groups in total. The van der Waals surface area contributed by atoms with Crippen LogP contribution in [-0.4, -0.2) is 28.4 Å². The van der Waals surface area contributed by atoms with E-state index in [1.54, 1.807) is 18.3 Å². The lowest BCUT2D eigenvalue weighted by Crippen LogP contribution is -2.50. The number of nitrogens with one attached hydrogen (secondary N) is 3. The second-order valence-electron chi connectivity index (χ2n) is 7.54. The quantitative estimate of drug-likeness (QED) is 0.654. The minimum Gasteiger partial charge on any atom is -0.439 e. The number of hydrogen-bond acceptors (Lipinski definition) is 5. The second-order valence-corrected chi connectivity index (χ2v) is 7.54. The van der Waals surface area contributed by atoms with Crippen molar-refractivity contribution in [2.45, 2.75) is 37.8 Å². The Morgan fingerprint density at radius 1 is 1.17 bits per heavy atom. The molecule has 156 valence electrons. The molecule has 8 nitrogen and oxygen atoms in total. The van der Waals surface area contributed by atoms with E-state index < -0.39 is 11.6 Å². The Bertz CT molecular complexity index is 954. The Morgan fingerprint density at radius 2 is 1.90 bits per heavy atom. The molecule has 30 heavy (non-hydrogen) atoms. The molecular formula is C21H21FN4O4. The molecule has 1 aromatic heterocycles. The van der Waals surface area contributed by atoms with E-state index in [9.17, 15) is 18.8 Å². The van der Waals surface area contributed by atoms with E-state index in [-0.39, 0.29) is 23.5 Å². The van der Waals surface area contributed by atoms with Gasteiger partial charge in [0.15, 0.2) is 0 Å². The molecular weight excluding hydrogens is 391 g/mol. The molecule has 2 aliphatic rings. The first kappa shape index (κ1) is 19.8. The monoisotopic (exact) mass is 412 g/mol. The van der Waals surface area contributed by atoms with Gasteiger partial charge in [-0.25, -0.2) is 14.2 Å². The van der Waals surface area contributed by atoms with Crippen LogP contribution in [0.15, 0.2) is 42.6 Å². The van der Waals surface area contributed by atoms with Crippen LogP contribution in [0.5, 0.6) is 11.6 Å². The van der Waals surface area contributed by atoms with Crippen molar-refractivity contribution in [1.29, 1.82) is 0 Å². The minimum atomic E-state index is -0.863. The van der Waals surface area contributed by atoms with E-state index >= 15 is 0 Å². The molecule has 1 saturated heterocycles. The van der Waals surface area contributed by atoms with Crippen LogP contribution in [0.1, 0.15) is 31.2 Å². The maximum absolute atomic E-state index is 12.9. The number of aromatic nitrogens is 1. The van der Waals surface area contributed by atoms with Crippen molar-refractivity contribution in [2.75, 3.05) is 0 Å². The van der Waals surface area contributed by atoms with Crippen LogP contribution in [0.25, 0.3) is 0 Å². The van der Waals surface area contributed by atoms with Gasteiger partial charge in [0.1, 0.15) is 17.1 Å². The molecule has 2 heterocycles. The molecule has 2 fully saturated rings. The van der Waals surface area contributed by atoms with Gasteiger partial charge in [-0.15, -0.1) is 0 Å². The number of carbonyl (C=O) groups is 3. The predicted molar refractivity (Wildman–Crippen MR) is 104 cm³/mol. The number of ether oxygens (including phenoxy) is 1. The van der Waals surface area contributed by atoms with Gasteiger partial charge in [-0.1, -0.05) is 6.07 Å². The fraction of sp³-hybridized carbons (Fsp3) is 0.333. The van der Waals surface area contributed by atoms with E-state index in [4.69, 9.17) is 4.74 Å². The van der Waals surface area contributed by atoms with Crippen LogP contribution < -0.4 is 20.7 Å². The van der Waals surface area contributed by atoms with Gasteiger partial charge in [-0.05, 0) is 55.5 Å². The zero-order chi connectivity index (χ0) is 21.1. The third-order valence-corrected chi connectivity index (χ3v) is 5.52. The lowest BCUT2D eigenvalue weighted by molar-refractivity contribution is -0.130. The van der Waals surface area contributed by atoms with Crippen LogP contribution in [0.3, 0.4) is 0 Å². The average Bonchev–Trinajstić information content (AvgIpc) is 3.02. The Morgan fingerprint density at radius 3 is 2.50 bits per heavy atom. The normalized spacial score (nSPS) is 23.0. The van der Waals surface area contributed by atoms with E-state index in [1.165, 1.54) is 24.3 Å². The summed E-state index contributed by atoms with van der Waals surface area (Å²) >= 11 is 0. The number of imide groups is 1. The Balaban J connectivity index is 1.25. The molecule has 1 aliphatic heterocycles. The molecule has 1 aromatic carbocycles. The Labute approximate surface area is 172 Å². The van der Waals surface area contributed by atoms with Gasteiger partial charge in [0.05, 0.1) is 0 Å². The van der Waals surface area contributed by atoms with Crippen molar-refractivity contribution in [1.82, 2.24) is 20.9 Å². The summed E-state index contributed by atoms with van der Waals surface area (Å²) < 4.78 is 18.5. The van der Waals surface area contributed by atoms with Gasteiger partial charge < -0.3 is 15.4 Å². The maximum Gasteiger partial charge on any atom is 0.322 e. The molecule has 2 aromatic rings. The summed E-state index contributed by atoms with van der Waals surface area (Å²) in [7, 11) is 0. The van der Waals surface area contributed by atoms with Crippen molar-refractivity contribution in [3.63, 3.8) is 0 Å². The van der Waals surface area contributed by atoms with E-state index in [1.807, 2.05) is 0 Å². The fourth-order valence-electron chi connectivity index (χ4n) is 3.79. The van der Waals surface area contributed by atoms with Gasteiger partial charge >= 0.3 is 6.03 Å². The van der Waals surface area contributed by atoms with Gasteiger partial charge in [0, 0.05) is 24.7 Å². The van der Waals surface area contributed by atoms with Gasteiger partial charge in [0.2, 0.25) is 11.8 Å². The zero-order valence-corrected chi connectivity index (χ0v) is 16.1. The number of halogens is 1. The van der Waals surface area contributed by atoms with Gasteiger partial charge in [0.25, 0.3) is 5.91 Å². The van der Waals surface area contributed by atoms with E-state index in [0.29, 0.717) is 43.9 Å². The highest BCUT2D eigenvalue weighted by atomic mass is 19.1. The average molecular weight is 412 g/mol. The van der Waals surface area contributed by atoms with Crippen molar-refractivity contribution in [2.24, 2.45) is 5.92 Å². The van der Waals surface area contributed by atoms with E-state index in [2.05, 4.69) is 20.9 Å². The molecule has 1 aliphatic carbocycles. The Kier molecular flexibility index (Phi) is 5.35. The van der Waals surface area contributed by atoms with Crippen molar-refractivity contribution >= 4 is 17.8 Å². The topological polar surface area (TPSA) is 109 Å². The van der Waals surface area contributed by atoms with Gasteiger partial charge in [-0.3, -0.25) is 14.9 Å². The number of nitrogens with zero attached hydrogens (tertiary/aromatic N) is 1. The van der Waals surface area contributed by atoms with Crippen LogP contribution in [0, 0.1) is 11.7 Å². The smallest absolute Gasteiger partial charge is 0.322 e. The van der Waals surface area contributed by atoms with Gasteiger partial charge in [-0.2, -0.15) is 0 Å².